The first-order valence-corrected chi connectivity index (χ1v) is 8.90. The van der Waals surface area contributed by atoms with Crippen molar-refractivity contribution in [1.29, 1.82) is 0 Å². The van der Waals surface area contributed by atoms with Gasteiger partial charge in [0.05, 0.1) is 0 Å². The zero-order valence-corrected chi connectivity index (χ0v) is 13.8. The van der Waals surface area contributed by atoms with Crippen molar-refractivity contribution in [3.63, 3.8) is 0 Å². The molecule has 124 valence electrons. The summed E-state index contributed by atoms with van der Waals surface area (Å²) >= 11 is 1.52. The zero-order chi connectivity index (χ0) is 16.7. The molecular weight excluding hydrogens is 329 g/mol. The molecule has 4 rings (SSSR count). The van der Waals surface area contributed by atoms with Gasteiger partial charge in [-0.3, -0.25) is 14.2 Å². The lowest BCUT2D eigenvalue weighted by atomic mass is 10.2. The Balaban J connectivity index is 1.63. The summed E-state index contributed by atoms with van der Waals surface area (Å²) in [4.78, 5) is 31.4. The number of amides is 1. The van der Waals surface area contributed by atoms with E-state index in [-0.39, 0.29) is 28.9 Å². The maximum Gasteiger partial charge on any atom is 0.267 e. The van der Waals surface area contributed by atoms with Crippen molar-refractivity contribution in [3.05, 3.63) is 57.8 Å². The number of halogens is 1. The standard InChI is InChI=1S/C17H16FN3O2S/c18-12-3-1-11(2-4-12)10-21(13-5-6-13)16(23)14-9-19-17-20(15(14)22)7-8-24-17/h1-4,9,13H,5-8,10H2. The maximum atomic E-state index is 13.1. The Labute approximate surface area is 142 Å². The van der Waals surface area contributed by atoms with Gasteiger partial charge in [-0.25, -0.2) is 9.37 Å². The summed E-state index contributed by atoms with van der Waals surface area (Å²) in [5, 5.41) is 0.674. The molecule has 24 heavy (non-hydrogen) atoms. The number of thioether (sulfide) groups is 1. The second-order valence-electron chi connectivity index (χ2n) is 6.05. The number of nitrogens with zero attached hydrogens (tertiary/aromatic N) is 3. The van der Waals surface area contributed by atoms with Crippen molar-refractivity contribution < 1.29 is 9.18 Å². The average molecular weight is 345 g/mol. The maximum absolute atomic E-state index is 13.1. The number of fused-ring (bicyclic) bond motifs is 1. The van der Waals surface area contributed by atoms with E-state index in [2.05, 4.69) is 4.98 Å². The van der Waals surface area contributed by atoms with Crippen LogP contribution in [0.3, 0.4) is 0 Å². The molecule has 7 heteroatoms. The molecule has 0 unspecified atom stereocenters. The highest BCUT2D eigenvalue weighted by atomic mass is 32.2. The molecule has 1 fully saturated rings. The highest BCUT2D eigenvalue weighted by Gasteiger charge is 2.34. The second-order valence-corrected chi connectivity index (χ2v) is 7.11. The van der Waals surface area contributed by atoms with E-state index in [0.29, 0.717) is 18.2 Å². The van der Waals surface area contributed by atoms with Crippen LogP contribution in [-0.2, 0) is 13.1 Å². The molecule has 0 radical (unpaired) electrons. The molecule has 1 amide bonds. The van der Waals surface area contributed by atoms with Gasteiger partial charge in [0.1, 0.15) is 11.4 Å². The molecule has 1 aliphatic heterocycles. The fourth-order valence-corrected chi connectivity index (χ4v) is 3.77. The van der Waals surface area contributed by atoms with Crippen LogP contribution in [0.2, 0.25) is 0 Å². The van der Waals surface area contributed by atoms with Gasteiger partial charge in [0, 0.05) is 31.1 Å². The average Bonchev–Trinajstić information content (AvgIpc) is 3.30. The van der Waals surface area contributed by atoms with E-state index in [1.165, 1.54) is 30.1 Å². The summed E-state index contributed by atoms with van der Waals surface area (Å²) in [5.74, 6) is 0.218. The van der Waals surface area contributed by atoms with Gasteiger partial charge in [0.25, 0.3) is 11.5 Å². The van der Waals surface area contributed by atoms with Crippen molar-refractivity contribution >= 4 is 17.7 Å². The molecule has 0 atom stereocenters. The lowest BCUT2D eigenvalue weighted by Gasteiger charge is -2.22. The number of hydrogen-bond donors (Lipinski definition) is 0. The summed E-state index contributed by atoms with van der Waals surface area (Å²) in [6, 6.07) is 6.25. The number of hydrogen-bond acceptors (Lipinski definition) is 4. The predicted molar refractivity (Wildman–Crippen MR) is 88.5 cm³/mol. The molecule has 2 aliphatic rings. The molecule has 0 spiro atoms. The third-order valence-electron chi connectivity index (χ3n) is 4.30. The van der Waals surface area contributed by atoms with E-state index in [9.17, 15) is 14.0 Å². The van der Waals surface area contributed by atoms with E-state index in [1.807, 2.05) is 0 Å². The second kappa shape index (κ2) is 6.05. The minimum absolute atomic E-state index is 0.121. The Kier molecular flexibility index (Phi) is 3.88. The summed E-state index contributed by atoms with van der Waals surface area (Å²) in [7, 11) is 0. The number of rotatable bonds is 4. The van der Waals surface area contributed by atoms with Gasteiger partial charge in [-0.15, -0.1) is 0 Å². The first-order chi connectivity index (χ1) is 11.6. The Morgan fingerprint density at radius 3 is 2.79 bits per heavy atom. The number of benzene rings is 1. The largest absolute Gasteiger partial charge is 0.331 e. The number of aromatic nitrogens is 2. The van der Waals surface area contributed by atoms with Gasteiger partial charge < -0.3 is 4.90 Å². The number of carbonyl (C=O) groups excluding carboxylic acids is 1. The van der Waals surface area contributed by atoms with Crippen molar-refractivity contribution in [3.8, 4) is 0 Å². The van der Waals surface area contributed by atoms with Gasteiger partial charge >= 0.3 is 0 Å². The molecular formula is C17H16FN3O2S. The van der Waals surface area contributed by atoms with E-state index < -0.39 is 0 Å². The summed E-state index contributed by atoms with van der Waals surface area (Å²) in [5.41, 5.74) is 0.705. The fourth-order valence-electron chi connectivity index (χ4n) is 2.86. The van der Waals surface area contributed by atoms with Gasteiger partial charge in [0.15, 0.2) is 5.16 Å². The SMILES string of the molecule is O=C(c1cnc2n(c1=O)CCS2)N(Cc1ccc(F)cc1)C1CC1. The molecule has 0 saturated heterocycles. The van der Waals surface area contributed by atoms with Crippen molar-refractivity contribution in [2.75, 3.05) is 5.75 Å². The summed E-state index contributed by atoms with van der Waals surface area (Å²) in [6.07, 6.45) is 3.26. The monoisotopic (exact) mass is 345 g/mol. The third kappa shape index (κ3) is 2.84. The van der Waals surface area contributed by atoms with Crippen LogP contribution in [0.25, 0.3) is 0 Å². The van der Waals surface area contributed by atoms with Crippen LogP contribution in [0.1, 0.15) is 28.8 Å². The Morgan fingerprint density at radius 2 is 2.08 bits per heavy atom. The fraction of sp³-hybridized carbons (Fsp3) is 0.353. The quantitative estimate of drug-likeness (QED) is 0.798. The number of carbonyl (C=O) groups is 1. The van der Waals surface area contributed by atoms with E-state index >= 15 is 0 Å². The van der Waals surface area contributed by atoms with Crippen LogP contribution in [0.5, 0.6) is 0 Å². The first-order valence-electron chi connectivity index (χ1n) is 7.91. The first kappa shape index (κ1) is 15.4. The predicted octanol–water partition coefficient (Wildman–Crippen LogP) is 2.29. The molecule has 1 saturated carbocycles. The smallest absolute Gasteiger partial charge is 0.267 e. The molecule has 2 aromatic rings. The molecule has 1 aromatic carbocycles. The molecule has 0 bridgehead atoms. The third-order valence-corrected chi connectivity index (χ3v) is 5.27. The highest BCUT2D eigenvalue weighted by molar-refractivity contribution is 7.99. The molecule has 0 N–H and O–H groups in total. The normalized spacial score (nSPS) is 16.0. The van der Waals surface area contributed by atoms with Crippen LogP contribution < -0.4 is 5.56 Å². The van der Waals surface area contributed by atoms with E-state index in [1.54, 1.807) is 21.6 Å². The van der Waals surface area contributed by atoms with Crippen LogP contribution >= 0.6 is 11.8 Å². The zero-order valence-electron chi connectivity index (χ0n) is 12.9. The Hall–Kier alpha value is -2.15. The lowest BCUT2D eigenvalue weighted by Crippen LogP contribution is -2.38. The molecule has 1 aliphatic carbocycles. The molecule has 5 nitrogen and oxygen atoms in total. The van der Waals surface area contributed by atoms with Crippen molar-refractivity contribution in [2.45, 2.75) is 37.1 Å². The highest BCUT2D eigenvalue weighted by Crippen LogP contribution is 2.30. The summed E-state index contributed by atoms with van der Waals surface area (Å²) in [6.45, 7) is 0.966. The summed E-state index contributed by atoms with van der Waals surface area (Å²) < 4.78 is 14.6. The van der Waals surface area contributed by atoms with Crippen LogP contribution in [-0.4, -0.2) is 32.2 Å². The van der Waals surface area contributed by atoms with Crippen molar-refractivity contribution in [1.82, 2.24) is 14.5 Å². The van der Waals surface area contributed by atoms with E-state index in [4.69, 9.17) is 0 Å². The minimum atomic E-state index is -0.304. The van der Waals surface area contributed by atoms with Gasteiger partial charge in [-0.05, 0) is 30.5 Å². The van der Waals surface area contributed by atoms with Gasteiger partial charge in [-0.2, -0.15) is 0 Å². The topological polar surface area (TPSA) is 55.2 Å². The van der Waals surface area contributed by atoms with Crippen molar-refractivity contribution in [2.24, 2.45) is 0 Å². The van der Waals surface area contributed by atoms with Crippen LogP contribution in [0.4, 0.5) is 4.39 Å². The molecule has 1 aromatic heterocycles. The minimum Gasteiger partial charge on any atom is -0.331 e. The van der Waals surface area contributed by atoms with Gasteiger partial charge in [0.2, 0.25) is 0 Å². The lowest BCUT2D eigenvalue weighted by molar-refractivity contribution is 0.0726. The Morgan fingerprint density at radius 1 is 1.33 bits per heavy atom. The van der Waals surface area contributed by atoms with E-state index in [0.717, 1.165) is 24.2 Å². The van der Waals surface area contributed by atoms with Crippen LogP contribution in [0, 0.1) is 5.82 Å². The Bertz CT molecular complexity index is 846. The van der Waals surface area contributed by atoms with Crippen LogP contribution in [0.15, 0.2) is 40.4 Å². The van der Waals surface area contributed by atoms with Gasteiger partial charge in [-0.1, -0.05) is 23.9 Å². The molecule has 2 heterocycles.